The lowest BCUT2D eigenvalue weighted by atomic mass is 10.0. The molecular weight excluding hydrogens is 314 g/mol. The number of aromatic nitrogens is 2. The van der Waals surface area contributed by atoms with Gasteiger partial charge in [-0.1, -0.05) is 11.6 Å². The van der Waals surface area contributed by atoms with Gasteiger partial charge in [0.2, 0.25) is 0 Å². The molecule has 0 saturated heterocycles. The highest BCUT2D eigenvalue weighted by Crippen LogP contribution is 2.22. The highest BCUT2D eigenvalue weighted by Gasteiger charge is 2.32. The first-order chi connectivity index (χ1) is 10.9. The number of nitrogens with zero attached hydrogens (tertiary/aromatic N) is 2. The largest absolute Gasteiger partial charge is 0.478 e. The van der Waals surface area contributed by atoms with E-state index < -0.39 is 5.60 Å². The molecule has 1 aromatic carbocycles. The molecule has 122 valence electrons. The normalized spacial score (nSPS) is 17.4. The van der Waals surface area contributed by atoms with E-state index in [1.165, 1.54) is 0 Å². The average Bonchev–Trinajstić information content (AvgIpc) is 2.97. The molecular formula is C17H20ClN3O2. The van der Waals surface area contributed by atoms with Crippen LogP contribution in [-0.4, -0.2) is 27.3 Å². The molecule has 3 rings (SSSR count). The number of ether oxygens (including phenoxy) is 1. The van der Waals surface area contributed by atoms with Gasteiger partial charge < -0.3 is 10.1 Å². The molecule has 0 saturated carbocycles. The minimum atomic E-state index is -0.953. The summed E-state index contributed by atoms with van der Waals surface area (Å²) in [5, 5.41) is 7.98. The maximum absolute atomic E-state index is 12.6. The molecule has 0 radical (unpaired) electrons. The van der Waals surface area contributed by atoms with Crippen LogP contribution in [0.1, 0.15) is 26.0 Å². The zero-order chi connectivity index (χ0) is 16.4. The number of aryl methyl sites for hydroxylation is 1. The number of benzene rings is 1. The van der Waals surface area contributed by atoms with Gasteiger partial charge in [0.05, 0.1) is 0 Å². The molecule has 1 atom stereocenters. The van der Waals surface area contributed by atoms with E-state index >= 15 is 0 Å². The molecule has 5 nitrogen and oxygen atoms in total. The fraction of sp³-hybridized carbons (Fsp3) is 0.412. The minimum Gasteiger partial charge on any atom is -0.478 e. The van der Waals surface area contributed by atoms with Gasteiger partial charge in [0.1, 0.15) is 5.75 Å². The van der Waals surface area contributed by atoms with Crippen LogP contribution in [0.15, 0.2) is 36.5 Å². The monoisotopic (exact) mass is 333 g/mol. The molecule has 0 bridgehead atoms. The van der Waals surface area contributed by atoms with E-state index in [9.17, 15) is 4.79 Å². The van der Waals surface area contributed by atoms with Crippen molar-refractivity contribution in [3.63, 3.8) is 0 Å². The van der Waals surface area contributed by atoms with Crippen LogP contribution in [0.4, 0.5) is 0 Å². The van der Waals surface area contributed by atoms with Crippen LogP contribution in [0, 0.1) is 0 Å². The Labute approximate surface area is 140 Å². The van der Waals surface area contributed by atoms with E-state index in [-0.39, 0.29) is 11.9 Å². The first-order valence-corrected chi connectivity index (χ1v) is 8.08. The van der Waals surface area contributed by atoms with Crippen molar-refractivity contribution in [2.75, 3.05) is 0 Å². The quantitative estimate of drug-likeness (QED) is 0.936. The molecule has 0 aliphatic carbocycles. The van der Waals surface area contributed by atoms with Crippen LogP contribution in [0.5, 0.6) is 5.75 Å². The number of halogens is 1. The Bertz CT molecular complexity index is 694. The van der Waals surface area contributed by atoms with Crippen LogP contribution in [0.2, 0.25) is 5.02 Å². The number of carbonyl (C=O) groups excluding carboxylic acids is 1. The summed E-state index contributed by atoms with van der Waals surface area (Å²) in [6.07, 6.45) is 3.47. The van der Waals surface area contributed by atoms with Crippen molar-refractivity contribution in [2.24, 2.45) is 0 Å². The number of nitrogens with one attached hydrogen (secondary N) is 1. The van der Waals surface area contributed by atoms with Crippen molar-refractivity contribution in [3.05, 3.63) is 47.2 Å². The summed E-state index contributed by atoms with van der Waals surface area (Å²) < 4.78 is 7.81. The lowest BCUT2D eigenvalue weighted by Gasteiger charge is -2.30. The number of rotatable bonds is 4. The third-order valence-corrected chi connectivity index (χ3v) is 4.27. The van der Waals surface area contributed by atoms with Crippen molar-refractivity contribution < 1.29 is 9.53 Å². The van der Waals surface area contributed by atoms with Crippen LogP contribution in [0.25, 0.3) is 0 Å². The molecule has 0 fully saturated rings. The van der Waals surface area contributed by atoms with Gasteiger partial charge >= 0.3 is 0 Å². The standard InChI is InChI=1S/C17H20ClN3O2/c1-17(2,23-15-5-3-12(18)4-6-15)16(22)20-13-8-10-21-14(11-13)7-9-19-21/h3-7,9,13H,8,10-11H2,1-2H3,(H,20,22). The fourth-order valence-corrected chi connectivity index (χ4v) is 2.82. The van der Waals surface area contributed by atoms with Gasteiger partial charge in [-0.15, -0.1) is 0 Å². The molecule has 6 heteroatoms. The van der Waals surface area contributed by atoms with Gasteiger partial charge in [-0.3, -0.25) is 9.48 Å². The Morgan fingerprint density at radius 3 is 2.83 bits per heavy atom. The highest BCUT2D eigenvalue weighted by atomic mass is 35.5. The van der Waals surface area contributed by atoms with E-state index in [1.54, 1.807) is 44.3 Å². The summed E-state index contributed by atoms with van der Waals surface area (Å²) in [5.74, 6) is 0.502. The van der Waals surface area contributed by atoms with E-state index in [2.05, 4.69) is 10.4 Å². The summed E-state index contributed by atoms with van der Waals surface area (Å²) in [4.78, 5) is 12.6. The Morgan fingerprint density at radius 2 is 2.09 bits per heavy atom. The molecule has 23 heavy (non-hydrogen) atoms. The SMILES string of the molecule is CC(C)(Oc1ccc(Cl)cc1)C(=O)NC1CCn2nccc2C1. The fourth-order valence-electron chi connectivity index (χ4n) is 2.69. The van der Waals surface area contributed by atoms with E-state index in [0.29, 0.717) is 10.8 Å². The second-order valence-corrected chi connectivity index (χ2v) is 6.71. The molecule has 1 amide bonds. The summed E-state index contributed by atoms with van der Waals surface area (Å²) >= 11 is 5.86. The number of fused-ring (bicyclic) bond motifs is 1. The van der Waals surface area contributed by atoms with Crippen LogP contribution >= 0.6 is 11.6 Å². The average molecular weight is 334 g/mol. The van der Waals surface area contributed by atoms with Crippen LogP contribution in [0.3, 0.4) is 0 Å². The molecule has 1 N–H and O–H groups in total. The highest BCUT2D eigenvalue weighted by molar-refractivity contribution is 6.30. The van der Waals surface area contributed by atoms with Crippen molar-refractivity contribution in [1.29, 1.82) is 0 Å². The predicted octanol–water partition coefficient (Wildman–Crippen LogP) is 2.83. The van der Waals surface area contributed by atoms with Gasteiger partial charge in [-0.2, -0.15) is 5.10 Å². The minimum absolute atomic E-state index is 0.111. The maximum Gasteiger partial charge on any atom is 0.263 e. The van der Waals surface area contributed by atoms with Crippen molar-refractivity contribution in [3.8, 4) is 5.75 Å². The van der Waals surface area contributed by atoms with Gasteiger partial charge in [-0.25, -0.2) is 0 Å². The number of amides is 1. The molecule has 1 aromatic heterocycles. The first-order valence-electron chi connectivity index (χ1n) is 7.70. The molecule has 2 aromatic rings. The zero-order valence-electron chi connectivity index (χ0n) is 13.3. The second-order valence-electron chi connectivity index (χ2n) is 6.28. The maximum atomic E-state index is 12.6. The summed E-state index contributed by atoms with van der Waals surface area (Å²) in [5.41, 5.74) is 0.198. The Kier molecular flexibility index (Phi) is 4.31. The molecule has 1 aliphatic heterocycles. The molecule has 2 heterocycles. The van der Waals surface area contributed by atoms with Gasteiger partial charge in [-0.05, 0) is 50.6 Å². The van der Waals surface area contributed by atoms with E-state index in [0.717, 1.165) is 25.1 Å². The van der Waals surface area contributed by atoms with Gasteiger partial charge in [0.15, 0.2) is 5.60 Å². The lowest BCUT2D eigenvalue weighted by Crippen LogP contribution is -2.51. The molecule has 1 unspecified atom stereocenters. The second kappa shape index (κ2) is 6.24. The Balaban J connectivity index is 1.61. The van der Waals surface area contributed by atoms with Crippen LogP contribution in [-0.2, 0) is 17.8 Å². The number of hydrogen-bond acceptors (Lipinski definition) is 3. The smallest absolute Gasteiger partial charge is 0.263 e. The lowest BCUT2D eigenvalue weighted by molar-refractivity contribution is -0.135. The van der Waals surface area contributed by atoms with Gasteiger partial charge in [0, 0.05) is 35.9 Å². The number of carbonyl (C=O) groups is 1. The summed E-state index contributed by atoms with van der Waals surface area (Å²) in [6, 6.07) is 9.11. The van der Waals surface area contributed by atoms with Crippen molar-refractivity contribution in [1.82, 2.24) is 15.1 Å². The van der Waals surface area contributed by atoms with E-state index in [1.807, 2.05) is 10.7 Å². The van der Waals surface area contributed by atoms with E-state index in [4.69, 9.17) is 16.3 Å². The first kappa shape index (κ1) is 15.9. The van der Waals surface area contributed by atoms with Crippen molar-refractivity contribution >= 4 is 17.5 Å². The molecule has 1 aliphatic rings. The predicted molar refractivity (Wildman–Crippen MR) is 88.6 cm³/mol. The van der Waals surface area contributed by atoms with Crippen LogP contribution < -0.4 is 10.1 Å². The Morgan fingerprint density at radius 1 is 1.35 bits per heavy atom. The van der Waals surface area contributed by atoms with Gasteiger partial charge in [0.25, 0.3) is 5.91 Å². The number of hydrogen-bond donors (Lipinski definition) is 1. The molecule has 0 spiro atoms. The zero-order valence-corrected chi connectivity index (χ0v) is 14.0. The third-order valence-electron chi connectivity index (χ3n) is 4.02. The summed E-state index contributed by atoms with van der Waals surface area (Å²) in [7, 11) is 0. The van der Waals surface area contributed by atoms with Crippen molar-refractivity contribution in [2.45, 2.75) is 44.9 Å². The topological polar surface area (TPSA) is 56.1 Å². The summed E-state index contributed by atoms with van der Waals surface area (Å²) in [6.45, 7) is 4.36. The Hall–Kier alpha value is -2.01. The third kappa shape index (κ3) is 3.67.